The Bertz CT molecular complexity index is 1210. The second kappa shape index (κ2) is 11.1. The van der Waals surface area contributed by atoms with E-state index in [0.717, 1.165) is 27.4 Å². The molecule has 0 saturated heterocycles. The van der Waals surface area contributed by atoms with Crippen molar-refractivity contribution in [2.75, 3.05) is 54.8 Å². The second-order valence-corrected chi connectivity index (χ2v) is 7.99. The Hall–Kier alpha value is -3.50. The lowest BCUT2D eigenvalue weighted by atomic mass is 10.1. The number of hydrogen-bond donors (Lipinski definition) is 0. The number of nitrogens with zero attached hydrogens (tertiary/aromatic N) is 3. The lowest BCUT2D eigenvalue weighted by Crippen LogP contribution is -2.16. The van der Waals surface area contributed by atoms with Gasteiger partial charge in [-0.3, -0.25) is 4.99 Å². The van der Waals surface area contributed by atoms with Crippen molar-refractivity contribution in [3.63, 3.8) is 0 Å². The Morgan fingerprint density at radius 3 is 2.38 bits per heavy atom. The molecule has 1 aromatic heterocycles. The predicted octanol–water partition coefficient (Wildman–Crippen LogP) is 3.44. The topological polar surface area (TPSA) is 85.0 Å². The van der Waals surface area contributed by atoms with Crippen LogP contribution >= 0.6 is 11.3 Å². The van der Waals surface area contributed by atoms with Gasteiger partial charge in [-0.25, -0.2) is 4.68 Å². The zero-order chi connectivity index (χ0) is 23.9. The molecule has 9 nitrogen and oxygen atoms in total. The maximum absolute atomic E-state index is 5.76. The number of hydrogen-bond acceptors (Lipinski definition) is 9. The molecule has 0 N–H and O–H groups in total. The minimum atomic E-state index is 0.522. The molecule has 34 heavy (non-hydrogen) atoms. The van der Waals surface area contributed by atoms with Gasteiger partial charge in [-0.1, -0.05) is 0 Å². The summed E-state index contributed by atoms with van der Waals surface area (Å²) in [5.41, 5.74) is 2.60. The van der Waals surface area contributed by atoms with Crippen LogP contribution in [0.3, 0.4) is 0 Å². The predicted molar refractivity (Wildman–Crippen MR) is 130 cm³/mol. The smallest absolute Gasteiger partial charge is 0.206 e. The van der Waals surface area contributed by atoms with Crippen LogP contribution in [0.5, 0.6) is 28.7 Å². The van der Waals surface area contributed by atoms with Gasteiger partial charge in [0.05, 0.1) is 46.4 Å². The van der Waals surface area contributed by atoms with E-state index in [0.29, 0.717) is 49.4 Å². The molecule has 2 heterocycles. The first-order valence-corrected chi connectivity index (χ1v) is 11.5. The lowest BCUT2D eigenvalue weighted by molar-refractivity contribution is 0.171. The largest absolute Gasteiger partial charge is 0.493 e. The van der Waals surface area contributed by atoms with Crippen LogP contribution in [0.25, 0.3) is 11.3 Å². The lowest BCUT2D eigenvalue weighted by Gasteiger charge is -2.18. The van der Waals surface area contributed by atoms with Gasteiger partial charge in [0, 0.05) is 23.6 Å². The summed E-state index contributed by atoms with van der Waals surface area (Å²) in [4.78, 5) is 5.40. The van der Waals surface area contributed by atoms with Gasteiger partial charge >= 0.3 is 0 Å². The van der Waals surface area contributed by atoms with Gasteiger partial charge in [0.2, 0.25) is 10.6 Å². The summed E-state index contributed by atoms with van der Waals surface area (Å²) in [6.07, 6.45) is 1.73. The maximum atomic E-state index is 5.76. The van der Waals surface area contributed by atoms with Crippen LogP contribution in [0.2, 0.25) is 0 Å². The van der Waals surface area contributed by atoms with Crippen LogP contribution < -0.4 is 28.5 Å². The molecule has 0 saturated carbocycles. The molecule has 0 atom stereocenters. The van der Waals surface area contributed by atoms with Crippen molar-refractivity contribution in [1.82, 2.24) is 4.68 Å². The standard InChI is InChI=1S/C24H27N3O6S/c1-28-8-7-25-24-27(26-14-16-11-21(29-2)23(31-4)22(12-16)30-3)18(15-34-24)17-5-6-19-20(13-17)33-10-9-32-19/h5-6,11-15H,7-10H2,1-4H3. The third kappa shape index (κ3) is 5.02. The number of benzene rings is 2. The Kier molecular flexibility index (Phi) is 7.71. The molecule has 180 valence electrons. The zero-order valence-electron chi connectivity index (χ0n) is 19.6. The van der Waals surface area contributed by atoms with Crippen molar-refractivity contribution in [1.29, 1.82) is 0 Å². The van der Waals surface area contributed by atoms with Crippen LogP contribution in [0.1, 0.15) is 5.56 Å². The fourth-order valence-electron chi connectivity index (χ4n) is 3.45. The van der Waals surface area contributed by atoms with Gasteiger partial charge in [0.1, 0.15) is 13.2 Å². The summed E-state index contributed by atoms with van der Waals surface area (Å²) in [6.45, 7) is 2.12. The first kappa shape index (κ1) is 23.7. The average molecular weight is 486 g/mol. The molecule has 1 aliphatic heterocycles. The van der Waals surface area contributed by atoms with E-state index >= 15 is 0 Å². The first-order chi connectivity index (χ1) is 16.7. The van der Waals surface area contributed by atoms with E-state index in [1.807, 2.05) is 35.7 Å². The molecule has 0 spiro atoms. The van der Waals surface area contributed by atoms with Gasteiger partial charge in [0.15, 0.2) is 23.0 Å². The zero-order valence-corrected chi connectivity index (χ0v) is 20.4. The Morgan fingerprint density at radius 1 is 0.971 bits per heavy atom. The minimum Gasteiger partial charge on any atom is -0.493 e. The van der Waals surface area contributed by atoms with Crippen LogP contribution in [0, 0.1) is 0 Å². The minimum absolute atomic E-state index is 0.522. The summed E-state index contributed by atoms with van der Waals surface area (Å²) in [5, 5.41) is 6.77. The van der Waals surface area contributed by atoms with E-state index in [-0.39, 0.29) is 0 Å². The average Bonchev–Trinajstić information content (AvgIpc) is 3.29. The fourth-order valence-corrected chi connectivity index (χ4v) is 4.32. The Morgan fingerprint density at radius 2 is 1.71 bits per heavy atom. The molecular weight excluding hydrogens is 458 g/mol. The highest BCUT2D eigenvalue weighted by molar-refractivity contribution is 7.07. The fraction of sp³-hybridized carbons (Fsp3) is 0.333. The highest BCUT2D eigenvalue weighted by Crippen LogP contribution is 2.38. The summed E-state index contributed by atoms with van der Waals surface area (Å²) >= 11 is 1.50. The van der Waals surface area contributed by atoms with Crippen molar-refractivity contribution in [2.45, 2.75) is 0 Å². The number of methoxy groups -OCH3 is 4. The van der Waals surface area contributed by atoms with Crippen LogP contribution in [-0.4, -0.2) is 65.7 Å². The number of thiazole rings is 1. The Balaban J connectivity index is 1.77. The summed E-state index contributed by atoms with van der Waals surface area (Å²) in [5.74, 6) is 3.08. The van der Waals surface area contributed by atoms with E-state index in [1.165, 1.54) is 11.3 Å². The molecule has 0 radical (unpaired) electrons. The van der Waals surface area contributed by atoms with E-state index < -0.39 is 0 Å². The summed E-state index contributed by atoms with van der Waals surface area (Å²) in [6, 6.07) is 9.53. The quantitative estimate of drug-likeness (QED) is 0.341. The van der Waals surface area contributed by atoms with E-state index in [9.17, 15) is 0 Å². The van der Waals surface area contributed by atoms with Crippen molar-refractivity contribution in [3.05, 3.63) is 46.1 Å². The molecule has 0 aliphatic carbocycles. The molecule has 0 bridgehead atoms. The summed E-state index contributed by atoms with van der Waals surface area (Å²) in [7, 11) is 6.39. The summed E-state index contributed by atoms with van der Waals surface area (Å²) < 4.78 is 34.7. The molecule has 0 unspecified atom stereocenters. The number of ether oxygens (including phenoxy) is 6. The normalized spacial score (nSPS) is 13.4. The van der Waals surface area contributed by atoms with Gasteiger partial charge in [-0.2, -0.15) is 5.10 Å². The van der Waals surface area contributed by atoms with E-state index in [2.05, 4.69) is 4.99 Å². The van der Waals surface area contributed by atoms with Crippen molar-refractivity contribution < 1.29 is 28.4 Å². The van der Waals surface area contributed by atoms with Crippen LogP contribution in [0.4, 0.5) is 0 Å². The van der Waals surface area contributed by atoms with Gasteiger partial charge < -0.3 is 28.4 Å². The van der Waals surface area contributed by atoms with Crippen molar-refractivity contribution >= 4 is 17.6 Å². The van der Waals surface area contributed by atoms with Crippen molar-refractivity contribution in [2.24, 2.45) is 10.1 Å². The molecule has 2 aromatic carbocycles. The molecular formula is C24H27N3O6S. The molecule has 10 heteroatoms. The first-order valence-electron chi connectivity index (χ1n) is 10.6. The number of fused-ring (bicyclic) bond motifs is 1. The Labute approximate surface area is 201 Å². The second-order valence-electron chi connectivity index (χ2n) is 7.15. The highest BCUT2D eigenvalue weighted by Gasteiger charge is 2.16. The third-order valence-corrected chi connectivity index (χ3v) is 5.93. The third-order valence-electron chi connectivity index (χ3n) is 5.08. The highest BCUT2D eigenvalue weighted by atomic mass is 32.1. The molecule has 0 fully saturated rings. The van der Waals surface area contributed by atoms with Crippen LogP contribution in [0.15, 0.2) is 45.8 Å². The molecule has 1 aliphatic rings. The molecule has 0 amide bonds. The van der Waals surface area contributed by atoms with Crippen LogP contribution in [-0.2, 0) is 4.74 Å². The SMILES string of the molecule is COCCN=c1scc(-c2ccc3c(c2)OCCO3)n1N=Cc1cc(OC)c(OC)c(OC)c1. The van der Waals surface area contributed by atoms with Gasteiger partial charge in [-0.15, -0.1) is 11.3 Å². The monoisotopic (exact) mass is 485 g/mol. The van der Waals surface area contributed by atoms with Gasteiger partial charge in [0.25, 0.3) is 0 Å². The van der Waals surface area contributed by atoms with Crippen molar-refractivity contribution in [3.8, 4) is 40.0 Å². The molecule has 4 rings (SSSR count). The number of rotatable bonds is 9. The number of aromatic nitrogens is 1. The maximum Gasteiger partial charge on any atom is 0.206 e. The van der Waals surface area contributed by atoms with Gasteiger partial charge in [-0.05, 0) is 30.3 Å². The van der Waals surface area contributed by atoms with E-state index in [1.54, 1.807) is 39.3 Å². The molecule has 3 aromatic rings. The van der Waals surface area contributed by atoms with E-state index in [4.69, 9.17) is 33.5 Å².